The number of nitrogens with two attached hydrogens (primary N) is 2. The van der Waals surface area contributed by atoms with E-state index in [9.17, 15) is 9.90 Å². The fourth-order valence-corrected chi connectivity index (χ4v) is 1.90. The predicted molar refractivity (Wildman–Crippen MR) is 56.8 cm³/mol. The molecule has 8 nitrogen and oxygen atoms in total. The van der Waals surface area contributed by atoms with Gasteiger partial charge in [-0.05, 0) is 0 Å². The first-order valence-corrected chi connectivity index (χ1v) is 5.11. The van der Waals surface area contributed by atoms with Gasteiger partial charge in [0.2, 0.25) is 0 Å². The van der Waals surface area contributed by atoms with Crippen LogP contribution in [0.25, 0.3) is 0 Å². The molecule has 17 heavy (non-hydrogen) atoms. The molecule has 6 N–H and O–H groups in total. The van der Waals surface area contributed by atoms with Crippen LogP contribution in [-0.2, 0) is 4.74 Å². The van der Waals surface area contributed by atoms with Crippen molar-refractivity contribution in [2.24, 2.45) is 5.73 Å². The highest BCUT2D eigenvalue weighted by molar-refractivity contribution is 5.95. The molecule has 1 aliphatic heterocycles. The van der Waals surface area contributed by atoms with E-state index < -0.39 is 24.3 Å². The minimum atomic E-state index is -0.797. The van der Waals surface area contributed by atoms with E-state index in [4.69, 9.17) is 21.3 Å². The first kappa shape index (κ1) is 11.8. The number of nitrogens with zero attached hydrogens (tertiary/aromatic N) is 2. The van der Waals surface area contributed by atoms with Crippen LogP contribution in [0.1, 0.15) is 23.1 Å². The molecule has 1 saturated heterocycles. The molecular weight excluding hydrogens is 228 g/mol. The maximum Gasteiger partial charge on any atom is 0.269 e. The molecule has 1 amide bonds. The minimum absolute atomic E-state index is 0.0167. The molecule has 0 radical (unpaired) electrons. The second-order valence-electron chi connectivity index (χ2n) is 3.86. The maximum atomic E-state index is 11.2. The lowest BCUT2D eigenvalue weighted by Gasteiger charge is -2.14. The van der Waals surface area contributed by atoms with Gasteiger partial charge in [0, 0.05) is 6.42 Å². The van der Waals surface area contributed by atoms with Crippen LogP contribution in [0.3, 0.4) is 0 Å². The lowest BCUT2D eigenvalue weighted by atomic mass is 10.2. The van der Waals surface area contributed by atoms with Gasteiger partial charge in [-0.1, -0.05) is 0 Å². The average Bonchev–Trinajstić information content (AvgIpc) is 2.81. The molecule has 1 aromatic heterocycles. The second kappa shape index (κ2) is 4.32. The summed E-state index contributed by atoms with van der Waals surface area (Å²) in [6.07, 6.45) is -0.512. The van der Waals surface area contributed by atoms with Gasteiger partial charge in [-0.2, -0.15) is 0 Å². The Morgan fingerprint density at radius 3 is 2.94 bits per heavy atom. The third kappa shape index (κ3) is 1.97. The largest absolute Gasteiger partial charge is 0.394 e. The third-order valence-electron chi connectivity index (χ3n) is 2.75. The highest BCUT2D eigenvalue weighted by Gasteiger charge is 2.36. The molecule has 1 fully saturated rings. The maximum absolute atomic E-state index is 11.2. The van der Waals surface area contributed by atoms with Crippen LogP contribution in [0.5, 0.6) is 0 Å². The quantitative estimate of drug-likeness (QED) is 0.494. The van der Waals surface area contributed by atoms with Crippen molar-refractivity contribution in [2.75, 3.05) is 12.3 Å². The lowest BCUT2D eigenvalue weighted by Crippen LogP contribution is -2.24. The molecule has 0 aliphatic carbocycles. The van der Waals surface area contributed by atoms with Gasteiger partial charge in [-0.3, -0.25) is 9.36 Å². The van der Waals surface area contributed by atoms with Gasteiger partial charge in [-0.25, -0.2) is 4.98 Å². The zero-order valence-corrected chi connectivity index (χ0v) is 8.98. The molecule has 3 atom stereocenters. The summed E-state index contributed by atoms with van der Waals surface area (Å²) >= 11 is 0. The van der Waals surface area contributed by atoms with E-state index in [1.54, 1.807) is 0 Å². The molecule has 2 rings (SSSR count). The third-order valence-corrected chi connectivity index (χ3v) is 2.75. The van der Waals surface area contributed by atoms with E-state index in [1.807, 2.05) is 0 Å². The number of anilines is 1. The monoisotopic (exact) mass is 242 g/mol. The van der Waals surface area contributed by atoms with E-state index in [0.717, 1.165) is 0 Å². The zero-order chi connectivity index (χ0) is 12.6. The first-order chi connectivity index (χ1) is 8.04. The number of aliphatic hydroxyl groups excluding tert-OH is 2. The van der Waals surface area contributed by atoms with Gasteiger partial charge in [0.15, 0.2) is 11.5 Å². The van der Waals surface area contributed by atoms with Crippen molar-refractivity contribution in [3.8, 4) is 0 Å². The van der Waals surface area contributed by atoms with Crippen molar-refractivity contribution in [3.63, 3.8) is 0 Å². The Morgan fingerprint density at radius 1 is 1.71 bits per heavy atom. The van der Waals surface area contributed by atoms with Crippen LogP contribution >= 0.6 is 0 Å². The number of hydrogen-bond donors (Lipinski definition) is 4. The summed E-state index contributed by atoms with van der Waals surface area (Å²) in [7, 11) is 0. The Morgan fingerprint density at radius 2 is 2.41 bits per heavy atom. The first-order valence-electron chi connectivity index (χ1n) is 5.11. The van der Waals surface area contributed by atoms with Crippen molar-refractivity contribution in [1.82, 2.24) is 9.55 Å². The Hall–Kier alpha value is -1.64. The Balaban J connectivity index is 2.27. The molecule has 8 heteroatoms. The Kier molecular flexibility index (Phi) is 3.01. The van der Waals surface area contributed by atoms with E-state index in [0.29, 0.717) is 0 Å². The molecule has 0 saturated carbocycles. The van der Waals surface area contributed by atoms with Crippen LogP contribution in [0.2, 0.25) is 0 Å². The Labute approximate surface area is 96.8 Å². The molecule has 0 bridgehead atoms. The molecule has 1 aliphatic rings. The van der Waals surface area contributed by atoms with Crippen LogP contribution in [0, 0.1) is 0 Å². The lowest BCUT2D eigenvalue weighted by molar-refractivity contribution is -0.0448. The summed E-state index contributed by atoms with van der Waals surface area (Å²) in [5.74, 6) is -0.700. The van der Waals surface area contributed by atoms with Crippen LogP contribution in [0.15, 0.2) is 6.33 Å². The highest BCUT2D eigenvalue weighted by Crippen LogP contribution is 2.30. The number of amides is 1. The fourth-order valence-electron chi connectivity index (χ4n) is 1.90. The number of carbonyl (C=O) groups is 1. The Bertz CT molecular complexity index is 433. The summed E-state index contributed by atoms with van der Waals surface area (Å²) in [6, 6.07) is 0. The number of aliphatic hydroxyl groups is 2. The minimum Gasteiger partial charge on any atom is -0.394 e. The van der Waals surface area contributed by atoms with Crippen molar-refractivity contribution in [3.05, 3.63) is 12.0 Å². The smallest absolute Gasteiger partial charge is 0.269 e. The average molecular weight is 242 g/mol. The predicted octanol–water partition coefficient (Wildman–Crippen LogP) is -1.80. The van der Waals surface area contributed by atoms with Crippen LogP contribution < -0.4 is 11.5 Å². The van der Waals surface area contributed by atoms with Crippen LogP contribution in [0.4, 0.5) is 5.82 Å². The number of rotatable bonds is 3. The van der Waals surface area contributed by atoms with Gasteiger partial charge in [-0.15, -0.1) is 0 Å². The fraction of sp³-hybridized carbons (Fsp3) is 0.556. The summed E-state index contributed by atoms with van der Waals surface area (Å²) in [5, 5.41) is 18.5. The standard InChI is InChI=1S/C9H14N4O4/c10-8-7(9(11)16)13(3-12-8)6-1-4(15)5(2-14)17-6/h3-6,14-15H,1-2,10H2,(H2,11,16)/t4-,5+,6+/m0/s1. The van der Waals surface area contributed by atoms with Crippen molar-refractivity contribution < 1.29 is 19.7 Å². The van der Waals surface area contributed by atoms with Crippen LogP contribution in [-0.4, -0.2) is 44.5 Å². The summed E-state index contributed by atoms with van der Waals surface area (Å²) < 4.78 is 6.74. The molecule has 2 heterocycles. The molecule has 1 aromatic rings. The summed E-state index contributed by atoms with van der Waals surface area (Å²) in [4.78, 5) is 15.0. The highest BCUT2D eigenvalue weighted by atomic mass is 16.5. The van der Waals surface area contributed by atoms with E-state index in [2.05, 4.69) is 4.98 Å². The topological polar surface area (TPSA) is 137 Å². The molecule has 0 unspecified atom stereocenters. The van der Waals surface area contributed by atoms with Crippen molar-refractivity contribution >= 4 is 11.7 Å². The summed E-state index contributed by atoms with van der Waals surface area (Å²) in [5.41, 5.74) is 10.7. The molecule has 0 aromatic carbocycles. The molecule has 94 valence electrons. The van der Waals surface area contributed by atoms with Gasteiger partial charge in [0.05, 0.1) is 19.0 Å². The normalized spacial score (nSPS) is 28.5. The number of nitrogen functional groups attached to an aromatic ring is 1. The zero-order valence-electron chi connectivity index (χ0n) is 8.98. The van der Waals surface area contributed by atoms with Gasteiger partial charge < -0.3 is 26.4 Å². The van der Waals surface area contributed by atoms with Gasteiger partial charge in [0.1, 0.15) is 12.3 Å². The molecule has 0 spiro atoms. The number of carbonyl (C=O) groups excluding carboxylic acids is 1. The van der Waals surface area contributed by atoms with Gasteiger partial charge >= 0.3 is 0 Å². The van der Waals surface area contributed by atoms with E-state index in [-0.39, 0.29) is 24.5 Å². The van der Waals surface area contributed by atoms with E-state index >= 15 is 0 Å². The number of hydrogen-bond acceptors (Lipinski definition) is 6. The number of imidazole rings is 1. The van der Waals surface area contributed by atoms with E-state index in [1.165, 1.54) is 10.9 Å². The number of aromatic nitrogens is 2. The molecular formula is C9H14N4O4. The van der Waals surface area contributed by atoms with Crippen molar-refractivity contribution in [2.45, 2.75) is 24.9 Å². The van der Waals surface area contributed by atoms with Gasteiger partial charge in [0.25, 0.3) is 5.91 Å². The van der Waals surface area contributed by atoms with Crippen molar-refractivity contribution in [1.29, 1.82) is 0 Å². The second-order valence-corrected chi connectivity index (χ2v) is 3.86. The number of primary amides is 1. The number of ether oxygens (including phenoxy) is 1. The SMILES string of the molecule is NC(=O)c1c(N)ncn1[C@H]1C[C@H](O)[C@@H](CO)O1. The summed E-state index contributed by atoms with van der Waals surface area (Å²) in [6.45, 7) is -0.298.